The number of benzene rings is 2. The van der Waals surface area contributed by atoms with Crippen LogP contribution in [0.2, 0.25) is 0 Å². The second-order valence-electron chi connectivity index (χ2n) is 6.70. The SMILES string of the molecule is Cc1ccc(O[C@H](C)C(=O)NCC2(c3ccc(F)cc3F)CC2)cc1. The van der Waals surface area contributed by atoms with Gasteiger partial charge in [0.25, 0.3) is 5.91 Å². The van der Waals surface area contributed by atoms with E-state index in [1.807, 2.05) is 31.2 Å². The van der Waals surface area contributed by atoms with E-state index in [4.69, 9.17) is 4.74 Å². The Morgan fingerprint density at radius 1 is 1.20 bits per heavy atom. The average molecular weight is 345 g/mol. The van der Waals surface area contributed by atoms with Crippen molar-refractivity contribution in [3.63, 3.8) is 0 Å². The van der Waals surface area contributed by atoms with Gasteiger partial charge in [-0.2, -0.15) is 0 Å². The first-order valence-electron chi connectivity index (χ1n) is 8.36. The molecule has 1 aliphatic carbocycles. The Kier molecular flexibility index (Phi) is 4.75. The summed E-state index contributed by atoms with van der Waals surface area (Å²) in [5, 5.41) is 2.83. The van der Waals surface area contributed by atoms with E-state index in [1.165, 1.54) is 12.1 Å². The molecule has 1 saturated carbocycles. The number of nitrogens with one attached hydrogen (secondary N) is 1. The van der Waals surface area contributed by atoms with Crippen LogP contribution in [-0.4, -0.2) is 18.6 Å². The number of hydrogen-bond donors (Lipinski definition) is 1. The maximum Gasteiger partial charge on any atom is 0.260 e. The second-order valence-corrected chi connectivity index (χ2v) is 6.70. The van der Waals surface area contributed by atoms with Crippen LogP contribution in [0.5, 0.6) is 5.75 Å². The lowest BCUT2D eigenvalue weighted by atomic mass is 9.95. The zero-order valence-electron chi connectivity index (χ0n) is 14.3. The zero-order valence-corrected chi connectivity index (χ0v) is 14.3. The maximum absolute atomic E-state index is 14.0. The summed E-state index contributed by atoms with van der Waals surface area (Å²) in [6.45, 7) is 3.97. The van der Waals surface area contributed by atoms with E-state index < -0.39 is 23.2 Å². The number of rotatable bonds is 6. The molecule has 25 heavy (non-hydrogen) atoms. The Balaban J connectivity index is 1.59. The molecule has 0 saturated heterocycles. The molecule has 3 rings (SSSR count). The lowest BCUT2D eigenvalue weighted by Gasteiger charge is -2.20. The van der Waals surface area contributed by atoms with Gasteiger partial charge in [0.05, 0.1) is 0 Å². The topological polar surface area (TPSA) is 38.3 Å². The van der Waals surface area contributed by atoms with Gasteiger partial charge >= 0.3 is 0 Å². The smallest absolute Gasteiger partial charge is 0.260 e. The molecular weight excluding hydrogens is 324 g/mol. The van der Waals surface area contributed by atoms with Crippen molar-refractivity contribution in [2.24, 2.45) is 0 Å². The molecule has 1 fully saturated rings. The van der Waals surface area contributed by atoms with E-state index in [1.54, 1.807) is 6.92 Å². The minimum absolute atomic E-state index is 0.255. The van der Waals surface area contributed by atoms with Crippen LogP contribution in [0.3, 0.4) is 0 Å². The molecule has 2 aromatic rings. The summed E-state index contributed by atoms with van der Waals surface area (Å²) in [5.41, 5.74) is 1.14. The van der Waals surface area contributed by atoms with Gasteiger partial charge in [-0.15, -0.1) is 0 Å². The third-order valence-electron chi connectivity index (χ3n) is 4.66. The van der Waals surface area contributed by atoms with Gasteiger partial charge in [0.15, 0.2) is 6.10 Å². The molecule has 3 nitrogen and oxygen atoms in total. The van der Waals surface area contributed by atoms with E-state index in [9.17, 15) is 13.6 Å². The largest absolute Gasteiger partial charge is 0.481 e. The van der Waals surface area contributed by atoms with Crippen LogP contribution in [0.25, 0.3) is 0 Å². The monoisotopic (exact) mass is 345 g/mol. The van der Waals surface area contributed by atoms with Crippen molar-refractivity contribution in [3.05, 3.63) is 65.2 Å². The molecule has 132 valence electrons. The molecule has 0 spiro atoms. The molecular formula is C20H21F2NO2. The maximum atomic E-state index is 14.0. The Labute approximate surface area is 146 Å². The zero-order chi connectivity index (χ0) is 18.0. The highest BCUT2D eigenvalue weighted by molar-refractivity contribution is 5.80. The number of carbonyl (C=O) groups excluding carboxylic acids is 1. The van der Waals surface area contributed by atoms with Crippen molar-refractivity contribution in [1.29, 1.82) is 0 Å². The van der Waals surface area contributed by atoms with Crippen LogP contribution in [0.1, 0.15) is 30.9 Å². The fourth-order valence-corrected chi connectivity index (χ4v) is 2.89. The molecule has 0 heterocycles. The first-order valence-corrected chi connectivity index (χ1v) is 8.36. The van der Waals surface area contributed by atoms with Crippen LogP contribution in [0.15, 0.2) is 42.5 Å². The highest BCUT2D eigenvalue weighted by Gasteiger charge is 2.46. The Hall–Kier alpha value is -2.43. The third-order valence-corrected chi connectivity index (χ3v) is 4.66. The highest BCUT2D eigenvalue weighted by Crippen LogP contribution is 2.48. The van der Waals surface area contributed by atoms with Crippen molar-refractivity contribution >= 4 is 5.91 Å². The quantitative estimate of drug-likeness (QED) is 0.863. The highest BCUT2D eigenvalue weighted by atomic mass is 19.1. The number of amides is 1. The summed E-state index contributed by atoms with van der Waals surface area (Å²) in [6, 6.07) is 11.1. The summed E-state index contributed by atoms with van der Waals surface area (Å²) in [6.07, 6.45) is 0.878. The minimum atomic E-state index is -0.656. The summed E-state index contributed by atoms with van der Waals surface area (Å²) >= 11 is 0. The van der Waals surface area contributed by atoms with Crippen molar-refractivity contribution in [2.75, 3.05) is 6.54 Å². The molecule has 2 aromatic carbocycles. The standard InChI is InChI=1S/C20H21F2NO2/c1-13-3-6-16(7-4-13)25-14(2)19(24)23-12-20(9-10-20)17-8-5-15(21)11-18(17)22/h3-8,11,14H,9-10,12H2,1-2H3,(H,23,24)/t14-/m1/s1. The molecule has 1 amide bonds. The molecule has 0 aliphatic heterocycles. The lowest BCUT2D eigenvalue weighted by molar-refractivity contribution is -0.127. The van der Waals surface area contributed by atoms with E-state index in [2.05, 4.69) is 5.32 Å². The van der Waals surface area contributed by atoms with Gasteiger partial charge in [-0.3, -0.25) is 4.79 Å². The van der Waals surface area contributed by atoms with Crippen molar-refractivity contribution < 1.29 is 18.3 Å². The Morgan fingerprint density at radius 3 is 2.48 bits per heavy atom. The summed E-state index contributed by atoms with van der Waals surface area (Å²) in [5.74, 6) is -0.787. The number of halogens is 2. The summed E-state index contributed by atoms with van der Waals surface area (Å²) in [7, 11) is 0. The molecule has 1 aliphatic rings. The van der Waals surface area contributed by atoms with Crippen molar-refractivity contribution in [3.8, 4) is 5.75 Å². The molecule has 0 bridgehead atoms. The van der Waals surface area contributed by atoms with Crippen LogP contribution < -0.4 is 10.1 Å². The Bertz CT molecular complexity index is 770. The summed E-state index contributed by atoms with van der Waals surface area (Å²) in [4.78, 5) is 12.3. The number of ether oxygens (including phenoxy) is 1. The average Bonchev–Trinajstić information content (AvgIpc) is 3.35. The summed E-state index contributed by atoms with van der Waals surface area (Å²) < 4.78 is 32.7. The van der Waals surface area contributed by atoms with Crippen LogP contribution >= 0.6 is 0 Å². The lowest BCUT2D eigenvalue weighted by Crippen LogP contribution is -2.40. The normalized spacial score (nSPS) is 16.2. The van der Waals surface area contributed by atoms with Gasteiger partial charge in [-0.1, -0.05) is 23.8 Å². The molecule has 0 radical (unpaired) electrons. The third kappa shape index (κ3) is 3.98. The molecule has 0 unspecified atom stereocenters. The van der Waals surface area contributed by atoms with E-state index in [-0.39, 0.29) is 5.91 Å². The van der Waals surface area contributed by atoms with Gasteiger partial charge in [0.2, 0.25) is 0 Å². The number of hydrogen-bond acceptors (Lipinski definition) is 2. The van der Waals surface area contributed by atoms with E-state index in [0.29, 0.717) is 17.9 Å². The van der Waals surface area contributed by atoms with Crippen LogP contribution in [-0.2, 0) is 10.2 Å². The molecule has 5 heteroatoms. The van der Waals surface area contributed by atoms with Crippen molar-refractivity contribution in [1.82, 2.24) is 5.32 Å². The number of aryl methyl sites for hydroxylation is 1. The van der Waals surface area contributed by atoms with Gasteiger partial charge in [0, 0.05) is 18.0 Å². The Morgan fingerprint density at radius 2 is 1.88 bits per heavy atom. The second kappa shape index (κ2) is 6.82. The fraction of sp³-hybridized carbons (Fsp3) is 0.350. The van der Waals surface area contributed by atoms with Crippen molar-refractivity contribution in [2.45, 2.75) is 38.2 Å². The van der Waals surface area contributed by atoms with Crippen LogP contribution in [0, 0.1) is 18.6 Å². The van der Waals surface area contributed by atoms with Gasteiger partial charge < -0.3 is 10.1 Å². The van der Waals surface area contributed by atoms with E-state index >= 15 is 0 Å². The van der Waals surface area contributed by atoms with Gasteiger partial charge in [0.1, 0.15) is 17.4 Å². The first-order chi connectivity index (χ1) is 11.9. The number of carbonyl (C=O) groups is 1. The minimum Gasteiger partial charge on any atom is -0.481 e. The first kappa shape index (κ1) is 17.4. The predicted molar refractivity (Wildman–Crippen MR) is 91.5 cm³/mol. The van der Waals surface area contributed by atoms with E-state index in [0.717, 1.165) is 24.5 Å². The predicted octanol–water partition coefficient (Wildman–Crippen LogP) is 3.89. The van der Waals surface area contributed by atoms with Gasteiger partial charge in [-0.25, -0.2) is 8.78 Å². The fourth-order valence-electron chi connectivity index (χ4n) is 2.89. The van der Waals surface area contributed by atoms with Gasteiger partial charge in [-0.05, 0) is 50.5 Å². The van der Waals surface area contributed by atoms with Crippen LogP contribution in [0.4, 0.5) is 8.78 Å². The molecule has 1 atom stereocenters. The molecule has 0 aromatic heterocycles. The molecule has 1 N–H and O–H groups in total.